The molecule has 0 unspecified atom stereocenters. The zero-order valence-electron chi connectivity index (χ0n) is 12.3. The van der Waals surface area contributed by atoms with Crippen molar-refractivity contribution in [3.63, 3.8) is 0 Å². The Morgan fingerprint density at radius 1 is 1.26 bits per heavy atom. The molecule has 0 radical (unpaired) electrons. The number of H-pyrrole nitrogens is 1. The van der Waals surface area contributed by atoms with Gasteiger partial charge in [0, 0.05) is 16.6 Å². The summed E-state index contributed by atoms with van der Waals surface area (Å²) < 4.78 is 13.9. The summed E-state index contributed by atoms with van der Waals surface area (Å²) in [6.45, 7) is 11.2. The van der Waals surface area contributed by atoms with Crippen LogP contribution in [0.1, 0.15) is 26.5 Å². The molecule has 19 heavy (non-hydrogen) atoms. The zero-order valence-corrected chi connectivity index (χ0v) is 13.3. The lowest BCUT2D eigenvalue weighted by atomic mass is 10.2. The summed E-state index contributed by atoms with van der Waals surface area (Å²) in [5, 5.41) is 11.2. The topological polar surface area (TPSA) is 36.0 Å². The Morgan fingerprint density at radius 3 is 2.42 bits per heavy atom. The molecule has 0 aliphatic carbocycles. The van der Waals surface area contributed by atoms with E-state index in [-0.39, 0.29) is 17.5 Å². The van der Waals surface area contributed by atoms with E-state index in [1.807, 2.05) is 6.07 Å². The molecule has 1 heterocycles. The maximum absolute atomic E-state index is 13.9. The molecule has 2 aromatic rings. The molecular formula is C15H22FNOSi. The van der Waals surface area contributed by atoms with Crippen molar-refractivity contribution in [3.05, 3.63) is 29.7 Å². The molecule has 1 aromatic heterocycles. The molecule has 2 rings (SSSR count). The van der Waals surface area contributed by atoms with Crippen molar-refractivity contribution in [2.45, 2.75) is 45.5 Å². The lowest BCUT2D eigenvalue weighted by Gasteiger charge is -2.37. The highest BCUT2D eigenvalue weighted by atomic mass is 28.3. The molecule has 104 valence electrons. The minimum Gasteiger partial charge on any atom is -0.390 e. The number of hydrogen-bond acceptors (Lipinski definition) is 1. The van der Waals surface area contributed by atoms with Crippen LogP contribution in [-0.4, -0.2) is 18.2 Å². The maximum Gasteiger partial charge on any atom is 0.132 e. The van der Waals surface area contributed by atoms with Crippen molar-refractivity contribution >= 4 is 24.2 Å². The Balaban J connectivity index is 2.75. The van der Waals surface area contributed by atoms with Crippen molar-refractivity contribution < 1.29 is 9.50 Å². The molecule has 2 nitrogen and oxygen atoms in total. The van der Waals surface area contributed by atoms with Gasteiger partial charge in [-0.3, -0.25) is 0 Å². The summed E-state index contributed by atoms with van der Waals surface area (Å²) in [6, 6.07) is 5.17. The SMILES string of the molecule is CC(C)(C)[Si](C)(C)c1ccc(F)c2cc(CO)[nH]c12. The first-order valence-corrected chi connectivity index (χ1v) is 9.60. The van der Waals surface area contributed by atoms with Crippen molar-refractivity contribution in [1.82, 2.24) is 4.98 Å². The quantitative estimate of drug-likeness (QED) is 0.811. The number of nitrogens with one attached hydrogen (secondary N) is 1. The lowest BCUT2D eigenvalue weighted by molar-refractivity contribution is 0.278. The number of benzene rings is 1. The Morgan fingerprint density at radius 2 is 1.89 bits per heavy atom. The molecule has 0 aliphatic heterocycles. The van der Waals surface area contributed by atoms with Crippen molar-refractivity contribution in [2.75, 3.05) is 0 Å². The van der Waals surface area contributed by atoms with Gasteiger partial charge in [-0.2, -0.15) is 0 Å². The van der Waals surface area contributed by atoms with Crippen LogP contribution in [0.15, 0.2) is 18.2 Å². The first kappa shape index (κ1) is 14.3. The van der Waals surface area contributed by atoms with Gasteiger partial charge in [0.25, 0.3) is 0 Å². The summed E-state index contributed by atoms with van der Waals surface area (Å²) in [6.07, 6.45) is 0. The molecule has 0 saturated carbocycles. The first-order chi connectivity index (χ1) is 8.68. The molecule has 4 heteroatoms. The third kappa shape index (κ3) is 2.23. The number of aliphatic hydroxyl groups is 1. The second kappa shape index (κ2) is 4.46. The van der Waals surface area contributed by atoms with E-state index >= 15 is 0 Å². The highest BCUT2D eigenvalue weighted by Gasteiger charge is 2.38. The van der Waals surface area contributed by atoms with Crippen molar-refractivity contribution in [1.29, 1.82) is 0 Å². The van der Waals surface area contributed by atoms with Gasteiger partial charge in [-0.15, -0.1) is 0 Å². The van der Waals surface area contributed by atoms with Gasteiger partial charge in [0.2, 0.25) is 0 Å². The summed E-state index contributed by atoms with van der Waals surface area (Å²) in [5.41, 5.74) is 1.52. The summed E-state index contributed by atoms with van der Waals surface area (Å²) in [7, 11) is -1.75. The van der Waals surface area contributed by atoms with Crippen LogP contribution in [0.5, 0.6) is 0 Å². The fourth-order valence-corrected chi connectivity index (χ4v) is 4.38. The third-order valence-corrected chi connectivity index (χ3v) is 10.0. The van der Waals surface area contributed by atoms with Crippen LogP contribution < -0.4 is 5.19 Å². The Kier molecular flexibility index (Phi) is 3.35. The monoisotopic (exact) mass is 279 g/mol. The van der Waals surface area contributed by atoms with Gasteiger partial charge < -0.3 is 10.1 Å². The van der Waals surface area contributed by atoms with Gasteiger partial charge in [0.05, 0.1) is 14.7 Å². The van der Waals surface area contributed by atoms with Crippen LogP contribution in [0.25, 0.3) is 10.9 Å². The number of fused-ring (bicyclic) bond motifs is 1. The predicted molar refractivity (Wildman–Crippen MR) is 81.0 cm³/mol. The molecule has 0 aliphatic rings. The number of hydrogen-bond donors (Lipinski definition) is 2. The van der Waals surface area contributed by atoms with Crippen LogP contribution in [0.3, 0.4) is 0 Å². The van der Waals surface area contributed by atoms with E-state index < -0.39 is 8.07 Å². The Labute approximate surface area is 114 Å². The number of rotatable bonds is 2. The van der Waals surface area contributed by atoms with Crippen LogP contribution in [0.2, 0.25) is 18.1 Å². The number of aliphatic hydroxyl groups excluding tert-OH is 1. The number of halogens is 1. The second-order valence-electron chi connectivity index (χ2n) is 6.71. The molecule has 0 saturated heterocycles. The van der Waals surface area contributed by atoms with Gasteiger partial charge >= 0.3 is 0 Å². The average molecular weight is 279 g/mol. The predicted octanol–water partition coefficient (Wildman–Crippen LogP) is 3.51. The van der Waals surface area contributed by atoms with Gasteiger partial charge in [0.15, 0.2) is 0 Å². The summed E-state index contributed by atoms with van der Waals surface area (Å²) >= 11 is 0. The van der Waals surface area contributed by atoms with E-state index in [1.165, 1.54) is 5.19 Å². The highest BCUT2D eigenvalue weighted by Crippen LogP contribution is 2.37. The molecule has 0 spiro atoms. The maximum atomic E-state index is 13.9. The number of aromatic nitrogens is 1. The smallest absolute Gasteiger partial charge is 0.132 e. The second-order valence-corrected chi connectivity index (χ2v) is 12.0. The lowest BCUT2D eigenvalue weighted by Crippen LogP contribution is -2.49. The fraction of sp³-hybridized carbons (Fsp3) is 0.467. The third-order valence-electron chi connectivity index (χ3n) is 4.52. The van der Waals surface area contributed by atoms with Crippen LogP contribution in [-0.2, 0) is 6.61 Å². The van der Waals surface area contributed by atoms with E-state index in [2.05, 4.69) is 38.8 Å². The molecular weight excluding hydrogens is 257 g/mol. The molecule has 0 bridgehead atoms. The minimum atomic E-state index is -1.75. The van der Waals surface area contributed by atoms with Crippen LogP contribution >= 0.6 is 0 Å². The van der Waals surface area contributed by atoms with E-state index in [0.717, 1.165) is 5.52 Å². The minimum absolute atomic E-state index is 0.0922. The van der Waals surface area contributed by atoms with Gasteiger partial charge in [0.1, 0.15) is 5.82 Å². The van der Waals surface area contributed by atoms with E-state index in [9.17, 15) is 9.50 Å². The Hall–Kier alpha value is -1.13. The van der Waals surface area contributed by atoms with Gasteiger partial charge in [-0.05, 0) is 22.4 Å². The standard InChI is InChI=1S/C15H22FNOSi/c1-15(2,3)19(4,5)13-7-6-12(16)11-8-10(9-18)17-14(11)13/h6-8,17-18H,9H2,1-5H3. The molecule has 0 atom stereocenters. The zero-order chi connectivity index (χ0) is 14.4. The van der Waals surface area contributed by atoms with Gasteiger partial charge in [-0.25, -0.2) is 4.39 Å². The normalized spacial score (nSPS) is 13.2. The van der Waals surface area contributed by atoms with Crippen LogP contribution in [0.4, 0.5) is 4.39 Å². The van der Waals surface area contributed by atoms with E-state index in [0.29, 0.717) is 11.1 Å². The largest absolute Gasteiger partial charge is 0.390 e. The molecule has 0 fully saturated rings. The summed E-state index contributed by atoms with van der Waals surface area (Å²) in [4.78, 5) is 3.18. The molecule has 1 aromatic carbocycles. The first-order valence-electron chi connectivity index (χ1n) is 6.60. The average Bonchev–Trinajstić information content (AvgIpc) is 2.72. The summed E-state index contributed by atoms with van der Waals surface area (Å²) in [5.74, 6) is -0.228. The number of aromatic amines is 1. The molecule has 2 N–H and O–H groups in total. The van der Waals surface area contributed by atoms with Crippen molar-refractivity contribution in [2.24, 2.45) is 0 Å². The molecule has 0 amide bonds. The fourth-order valence-electron chi connectivity index (χ4n) is 2.25. The van der Waals surface area contributed by atoms with Gasteiger partial charge in [-0.1, -0.05) is 39.9 Å². The van der Waals surface area contributed by atoms with E-state index in [1.54, 1.807) is 12.1 Å². The van der Waals surface area contributed by atoms with E-state index in [4.69, 9.17) is 0 Å². The Bertz CT molecular complexity index is 610. The highest BCUT2D eigenvalue weighted by molar-refractivity contribution is 6.93. The van der Waals surface area contributed by atoms with Crippen LogP contribution in [0, 0.1) is 5.82 Å². The van der Waals surface area contributed by atoms with Crippen molar-refractivity contribution in [3.8, 4) is 0 Å².